The Bertz CT molecular complexity index is 515. The van der Waals surface area contributed by atoms with Crippen LogP contribution in [0.1, 0.15) is 0 Å². The van der Waals surface area contributed by atoms with Crippen LogP contribution in [0.4, 0.5) is 4.39 Å². The molecular formula is C10H12ClFN2O2S. The molecule has 1 aliphatic heterocycles. The Morgan fingerprint density at radius 1 is 1.29 bits per heavy atom. The molecule has 1 fully saturated rings. The van der Waals surface area contributed by atoms with E-state index in [-0.39, 0.29) is 9.92 Å². The van der Waals surface area contributed by atoms with Crippen molar-refractivity contribution in [2.75, 3.05) is 26.2 Å². The van der Waals surface area contributed by atoms with Crippen LogP contribution in [0.2, 0.25) is 5.02 Å². The molecular weight excluding hydrogens is 267 g/mol. The Hall–Kier alpha value is -0.690. The van der Waals surface area contributed by atoms with E-state index >= 15 is 0 Å². The van der Waals surface area contributed by atoms with Gasteiger partial charge in [-0.2, -0.15) is 4.31 Å². The van der Waals surface area contributed by atoms with Gasteiger partial charge in [-0.3, -0.25) is 0 Å². The molecule has 0 spiro atoms. The highest BCUT2D eigenvalue weighted by molar-refractivity contribution is 7.89. The molecule has 1 N–H and O–H groups in total. The lowest BCUT2D eigenvalue weighted by Gasteiger charge is -2.26. The summed E-state index contributed by atoms with van der Waals surface area (Å²) in [5.74, 6) is -0.620. The number of nitrogens with one attached hydrogen (secondary N) is 1. The number of rotatable bonds is 2. The Kier molecular flexibility index (Phi) is 3.67. The molecule has 0 aliphatic carbocycles. The third kappa shape index (κ3) is 2.60. The monoisotopic (exact) mass is 278 g/mol. The van der Waals surface area contributed by atoms with Gasteiger partial charge in [0.15, 0.2) is 0 Å². The molecule has 1 aromatic rings. The minimum atomic E-state index is -3.56. The summed E-state index contributed by atoms with van der Waals surface area (Å²) in [6.45, 7) is 2.07. The first kappa shape index (κ1) is 12.8. The maximum atomic E-state index is 13.0. The minimum absolute atomic E-state index is 0.0331. The fourth-order valence-corrected chi connectivity index (χ4v) is 3.38. The lowest BCUT2D eigenvalue weighted by molar-refractivity contribution is 0.360. The number of benzene rings is 1. The first-order valence-electron chi connectivity index (χ1n) is 5.18. The van der Waals surface area contributed by atoms with Crippen molar-refractivity contribution in [3.8, 4) is 0 Å². The molecule has 0 atom stereocenters. The van der Waals surface area contributed by atoms with E-state index in [0.717, 1.165) is 12.1 Å². The van der Waals surface area contributed by atoms with Crippen molar-refractivity contribution in [2.45, 2.75) is 4.90 Å². The van der Waals surface area contributed by atoms with Crippen LogP contribution in [-0.2, 0) is 10.0 Å². The summed E-state index contributed by atoms with van der Waals surface area (Å²) >= 11 is 5.59. The van der Waals surface area contributed by atoms with Gasteiger partial charge in [0.2, 0.25) is 10.0 Å². The van der Waals surface area contributed by atoms with Gasteiger partial charge < -0.3 is 5.32 Å². The van der Waals surface area contributed by atoms with Gasteiger partial charge in [-0.25, -0.2) is 12.8 Å². The van der Waals surface area contributed by atoms with Gasteiger partial charge in [0.25, 0.3) is 0 Å². The van der Waals surface area contributed by atoms with E-state index in [1.165, 1.54) is 10.4 Å². The van der Waals surface area contributed by atoms with Crippen molar-refractivity contribution < 1.29 is 12.8 Å². The molecule has 0 saturated carbocycles. The van der Waals surface area contributed by atoms with E-state index in [2.05, 4.69) is 5.32 Å². The molecule has 0 radical (unpaired) electrons. The Morgan fingerprint density at radius 2 is 1.94 bits per heavy atom. The smallest absolute Gasteiger partial charge is 0.243 e. The van der Waals surface area contributed by atoms with Crippen LogP contribution in [0.25, 0.3) is 0 Å². The van der Waals surface area contributed by atoms with Crippen molar-refractivity contribution in [3.05, 3.63) is 29.0 Å². The zero-order valence-electron chi connectivity index (χ0n) is 8.99. The predicted molar refractivity (Wildman–Crippen MR) is 63.0 cm³/mol. The van der Waals surface area contributed by atoms with Crippen LogP contribution in [0.5, 0.6) is 0 Å². The number of nitrogens with zero attached hydrogens (tertiary/aromatic N) is 1. The van der Waals surface area contributed by atoms with Gasteiger partial charge >= 0.3 is 0 Å². The zero-order valence-corrected chi connectivity index (χ0v) is 10.6. The number of piperazine rings is 1. The van der Waals surface area contributed by atoms with Gasteiger partial charge in [0.1, 0.15) is 5.82 Å². The minimum Gasteiger partial charge on any atom is -0.314 e. The maximum Gasteiger partial charge on any atom is 0.243 e. The van der Waals surface area contributed by atoms with Gasteiger partial charge in [0, 0.05) is 26.2 Å². The molecule has 7 heteroatoms. The normalized spacial score (nSPS) is 18.2. The van der Waals surface area contributed by atoms with Gasteiger partial charge in [-0.1, -0.05) is 11.6 Å². The second kappa shape index (κ2) is 4.89. The van der Waals surface area contributed by atoms with E-state index in [9.17, 15) is 12.8 Å². The number of halogens is 2. The second-order valence-electron chi connectivity index (χ2n) is 3.73. The van der Waals surface area contributed by atoms with Crippen LogP contribution < -0.4 is 5.32 Å². The first-order chi connectivity index (χ1) is 8.01. The standard InChI is InChI=1S/C10H12ClFN2O2S/c11-9-7-8(1-2-10(9)12)17(15,16)14-5-3-13-4-6-14/h1-2,7,13H,3-6H2. The lowest BCUT2D eigenvalue weighted by Crippen LogP contribution is -2.46. The van der Waals surface area contributed by atoms with E-state index in [1.54, 1.807) is 0 Å². The Morgan fingerprint density at radius 3 is 2.53 bits per heavy atom. The molecule has 94 valence electrons. The molecule has 2 rings (SSSR count). The van der Waals surface area contributed by atoms with E-state index in [0.29, 0.717) is 26.2 Å². The van der Waals surface area contributed by atoms with Crippen LogP contribution in [0, 0.1) is 5.82 Å². The molecule has 0 bridgehead atoms. The van der Waals surface area contributed by atoms with Crippen LogP contribution in [0.15, 0.2) is 23.1 Å². The zero-order chi connectivity index (χ0) is 12.5. The van der Waals surface area contributed by atoms with Crippen molar-refractivity contribution in [1.82, 2.24) is 9.62 Å². The third-order valence-electron chi connectivity index (χ3n) is 2.60. The Labute approximate surface area is 104 Å². The summed E-state index contributed by atoms with van der Waals surface area (Å²) in [6.07, 6.45) is 0. The largest absolute Gasteiger partial charge is 0.314 e. The van der Waals surface area contributed by atoms with Crippen molar-refractivity contribution in [3.63, 3.8) is 0 Å². The second-order valence-corrected chi connectivity index (χ2v) is 6.08. The summed E-state index contributed by atoms with van der Waals surface area (Å²) in [4.78, 5) is 0.0331. The predicted octanol–water partition coefficient (Wildman–Crippen LogP) is 1.07. The average Bonchev–Trinajstić information content (AvgIpc) is 2.33. The molecule has 1 aromatic carbocycles. The first-order valence-corrected chi connectivity index (χ1v) is 6.99. The SMILES string of the molecule is O=S(=O)(c1ccc(F)c(Cl)c1)N1CCNCC1. The Balaban J connectivity index is 2.33. The molecule has 1 saturated heterocycles. The summed E-state index contributed by atoms with van der Waals surface area (Å²) in [5.41, 5.74) is 0. The van der Waals surface area contributed by atoms with Crippen molar-refractivity contribution >= 4 is 21.6 Å². The fraction of sp³-hybridized carbons (Fsp3) is 0.400. The van der Waals surface area contributed by atoms with Crippen molar-refractivity contribution in [1.29, 1.82) is 0 Å². The van der Waals surface area contributed by atoms with Crippen LogP contribution in [-0.4, -0.2) is 38.9 Å². The van der Waals surface area contributed by atoms with Crippen LogP contribution >= 0.6 is 11.6 Å². The third-order valence-corrected chi connectivity index (χ3v) is 4.79. The highest BCUT2D eigenvalue weighted by Gasteiger charge is 2.26. The molecule has 0 unspecified atom stereocenters. The number of hydrogen-bond donors (Lipinski definition) is 1. The highest BCUT2D eigenvalue weighted by Crippen LogP contribution is 2.22. The average molecular weight is 279 g/mol. The summed E-state index contributed by atoms with van der Waals surface area (Å²) < 4.78 is 38.7. The molecule has 1 heterocycles. The van der Waals surface area contributed by atoms with Gasteiger partial charge in [-0.05, 0) is 18.2 Å². The number of hydrogen-bond acceptors (Lipinski definition) is 3. The van der Waals surface area contributed by atoms with Gasteiger partial charge in [0.05, 0.1) is 9.92 Å². The van der Waals surface area contributed by atoms with Crippen LogP contribution in [0.3, 0.4) is 0 Å². The molecule has 1 aliphatic rings. The molecule has 17 heavy (non-hydrogen) atoms. The van der Waals surface area contributed by atoms with Gasteiger partial charge in [-0.15, -0.1) is 0 Å². The van der Waals surface area contributed by atoms with Crippen molar-refractivity contribution in [2.24, 2.45) is 0 Å². The molecule has 4 nitrogen and oxygen atoms in total. The maximum absolute atomic E-state index is 13.0. The summed E-state index contributed by atoms with van der Waals surface area (Å²) in [7, 11) is -3.56. The summed E-state index contributed by atoms with van der Waals surface area (Å²) in [5, 5.41) is 2.89. The number of sulfonamides is 1. The quantitative estimate of drug-likeness (QED) is 0.880. The van der Waals surface area contributed by atoms with E-state index in [1.807, 2.05) is 0 Å². The van der Waals surface area contributed by atoms with E-state index < -0.39 is 15.8 Å². The molecule has 0 aromatic heterocycles. The highest BCUT2D eigenvalue weighted by atomic mass is 35.5. The lowest BCUT2D eigenvalue weighted by atomic mass is 10.3. The molecule has 0 amide bonds. The summed E-state index contributed by atoms with van der Waals surface area (Å²) in [6, 6.07) is 3.45. The topological polar surface area (TPSA) is 49.4 Å². The fourth-order valence-electron chi connectivity index (χ4n) is 1.67. The van der Waals surface area contributed by atoms with E-state index in [4.69, 9.17) is 11.6 Å².